The summed E-state index contributed by atoms with van der Waals surface area (Å²) < 4.78 is 25.4. The summed E-state index contributed by atoms with van der Waals surface area (Å²) in [5, 5.41) is 0. The van der Waals surface area contributed by atoms with Gasteiger partial charge in [0.05, 0.1) is 26.1 Å². The zero-order valence-corrected chi connectivity index (χ0v) is 19.5. The van der Waals surface area contributed by atoms with E-state index in [1.807, 2.05) is 9.80 Å². The van der Waals surface area contributed by atoms with Gasteiger partial charge < -0.3 is 19.3 Å². The largest absolute Gasteiger partial charge is 0.490 e. The minimum atomic E-state index is -0.918. The first kappa shape index (κ1) is 24.0. The van der Waals surface area contributed by atoms with E-state index in [1.54, 1.807) is 12.1 Å². The van der Waals surface area contributed by atoms with Crippen molar-refractivity contribution in [2.24, 2.45) is 0 Å². The quantitative estimate of drug-likeness (QED) is 0.625. The van der Waals surface area contributed by atoms with Crippen LogP contribution in [0.3, 0.4) is 0 Å². The van der Waals surface area contributed by atoms with Crippen molar-refractivity contribution in [3.05, 3.63) is 30.1 Å². The summed E-state index contributed by atoms with van der Waals surface area (Å²) in [7, 11) is 0. The molecule has 0 aliphatic carbocycles. The molecule has 1 atom stereocenters. The molecule has 3 aliphatic rings. The fraction of sp³-hybridized carbons (Fsp3) is 0.680. The number of hydrogen-bond donors (Lipinski definition) is 0. The molecule has 0 bridgehead atoms. The molecular formula is C25H36FN3O4. The second-order valence-corrected chi connectivity index (χ2v) is 9.54. The Morgan fingerprint density at radius 3 is 2.24 bits per heavy atom. The van der Waals surface area contributed by atoms with Gasteiger partial charge in [-0.1, -0.05) is 6.42 Å². The number of likely N-dealkylation sites (tertiary alicyclic amines) is 2. The lowest BCUT2D eigenvalue weighted by Gasteiger charge is -2.43. The fourth-order valence-corrected chi connectivity index (χ4v) is 4.99. The number of hydrogen-bond acceptors (Lipinski definition) is 5. The molecule has 0 saturated carbocycles. The van der Waals surface area contributed by atoms with Crippen LogP contribution in [0.15, 0.2) is 24.3 Å². The standard InChI is InChI=1S/C25H36FN3O4/c26-21-7-9-22(10-8-21)32-20-25(17-23(30)28-13-5-2-6-14-28)19-29(15-16-33-25)24(31)18-27-11-3-1-4-12-27/h7-10H,1-6,11-20H2. The second kappa shape index (κ2) is 11.3. The number of halogens is 1. The monoisotopic (exact) mass is 461 g/mol. The van der Waals surface area contributed by atoms with E-state index in [2.05, 4.69) is 4.90 Å². The third kappa shape index (κ3) is 6.67. The molecule has 1 aromatic carbocycles. The average Bonchev–Trinajstić information content (AvgIpc) is 2.85. The van der Waals surface area contributed by atoms with Crippen LogP contribution in [0.1, 0.15) is 44.9 Å². The van der Waals surface area contributed by atoms with Crippen LogP contribution in [0.2, 0.25) is 0 Å². The Morgan fingerprint density at radius 2 is 1.55 bits per heavy atom. The van der Waals surface area contributed by atoms with E-state index in [-0.39, 0.29) is 30.7 Å². The Bertz CT molecular complexity index is 793. The van der Waals surface area contributed by atoms with E-state index in [4.69, 9.17) is 9.47 Å². The molecular weight excluding hydrogens is 425 g/mol. The van der Waals surface area contributed by atoms with Crippen molar-refractivity contribution in [3.63, 3.8) is 0 Å². The van der Waals surface area contributed by atoms with Gasteiger partial charge in [-0.3, -0.25) is 14.5 Å². The van der Waals surface area contributed by atoms with E-state index in [0.29, 0.717) is 32.0 Å². The maximum Gasteiger partial charge on any atom is 0.236 e. The van der Waals surface area contributed by atoms with Gasteiger partial charge in [0.1, 0.15) is 23.8 Å². The van der Waals surface area contributed by atoms with Crippen LogP contribution in [0, 0.1) is 5.82 Å². The summed E-state index contributed by atoms with van der Waals surface area (Å²) in [6.07, 6.45) is 6.86. The Hall–Kier alpha value is -2.19. The Labute approximate surface area is 195 Å². The molecule has 1 aromatic rings. The number of carbonyl (C=O) groups is 2. The number of benzene rings is 1. The Balaban J connectivity index is 1.44. The van der Waals surface area contributed by atoms with Crippen molar-refractivity contribution in [3.8, 4) is 5.75 Å². The predicted octanol–water partition coefficient (Wildman–Crippen LogP) is 2.69. The zero-order chi connectivity index (χ0) is 23.1. The van der Waals surface area contributed by atoms with E-state index < -0.39 is 5.60 Å². The van der Waals surface area contributed by atoms with Crippen LogP contribution < -0.4 is 4.74 Å². The third-order valence-electron chi connectivity index (χ3n) is 6.91. The van der Waals surface area contributed by atoms with Gasteiger partial charge in [0.2, 0.25) is 11.8 Å². The van der Waals surface area contributed by atoms with Gasteiger partial charge in [0, 0.05) is 19.6 Å². The highest BCUT2D eigenvalue weighted by atomic mass is 19.1. The number of nitrogens with zero attached hydrogens (tertiary/aromatic N) is 3. The van der Waals surface area contributed by atoms with E-state index in [1.165, 1.54) is 18.6 Å². The van der Waals surface area contributed by atoms with Gasteiger partial charge in [-0.25, -0.2) is 4.39 Å². The highest BCUT2D eigenvalue weighted by molar-refractivity contribution is 5.80. The molecule has 0 radical (unpaired) electrons. The van der Waals surface area contributed by atoms with Crippen molar-refractivity contribution in [1.29, 1.82) is 0 Å². The first-order valence-corrected chi connectivity index (χ1v) is 12.3. The first-order valence-electron chi connectivity index (χ1n) is 12.3. The third-order valence-corrected chi connectivity index (χ3v) is 6.91. The van der Waals surface area contributed by atoms with Crippen molar-refractivity contribution >= 4 is 11.8 Å². The summed E-state index contributed by atoms with van der Waals surface area (Å²) in [5.41, 5.74) is -0.918. The second-order valence-electron chi connectivity index (χ2n) is 9.54. The van der Waals surface area contributed by atoms with Crippen LogP contribution in [-0.2, 0) is 14.3 Å². The van der Waals surface area contributed by atoms with E-state index in [9.17, 15) is 14.0 Å². The molecule has 1 unspecified atom stereocenters. The minimum absolute atomic E-state index is 0.0442. The van der Waals surface area contributed by atoms with Gasteiger partial charge in [0.15, 0.2) is 0 Å². The van der Waals surface area contributed by atoms with Crippen LogP contribution in [-0.4, -0.2) is 91.1 Å². The molecule has 7 nitrogen and oxygen atoms in total. The molecule has 2 amide bonds. The topological polar surface area (TPSA) is 62.3 Å². The molecule has 8 heteroatoms. The van der Waals surface area contributed by atoms with Crippen LogP contribution >= 0.6 is 0 Å². The molecule has 0 spiro atoms. The van der Waals surface area contributed by atoms with Crippen LogP contribution in [0.4, 0.5) is 4.39 Å². The van der Waals surface area contributed by atoms with Crippen LogP contribution in [0.5, 0.6) is 5.75 Å². The number of piperidine rings is 2. The minimum Gasteiger partial charge on any atom is -0.490 e. The number of carbonyl (C=O) groups excluding carboxylic acids is 2. The molecule has 182 valence electrons. The molecule has 33 heavy (non-hydrogen) atoms. The Kier molecular flexibility index (Phi) is 8.20. The van der Waals surface area contributed by atoms with E-state index >= 15 is 0 Å². The van der Waals surface area contributed by atoms with Crippen LogP contribution in [0.25, 0.3) is 0 Å². The first-order chi connectivity index (χ1) is 16.0. The summed E-state index contributed by atoms with van der Waals surface area (Å²) in [6, 6.07) is 5.82. The summed E-state index contributed by atoms with van der Waals surface area (Å²) >= 11 is 0. The number of amides is 2. The lowest BCUT2D eigenvalue weighted by atomic mass is 9.96. The van der Waals surface area contributed by atoms with Gasteiger partial charge >= 0.3 is 0 Å². The van der Waals surface area contributed by atoms with Gasteiger partial charge in [-0.2, -0.15) is 0 Å². The maximum atomic E-state index is 13.3. The number of morpholine rings is 1. The lowest BCUT2D eigenvalue weighted by molar-refractivity contribution is -0.166. The fourth-order valence-electron chi connectivity index (χ4n) is 4.99. The van der Waals surface area contributed by atoms with E-state index in [0.717, 1.165) is 58.3 Å². The predicted molar refractivity (Wildman–Crippen MR) is 122 cm³/mol. The van der Waals surface area contributed by atoms with Crippen molar-refractivity contribution in [2.75, 3.05) is 59.0 Å². The molecule has 4 rings (SSSR count). The number of rotatable bonds is 7. The summed E-state index contributed by atoms with van der Waals surface area (Å²) in [4.78, 5) is 32.2. The zero-order valence-electron chi connectivity index (χ0n) is 19.5. The van der Waals surface area contributed by atoms with Gasteiger partial charge in [0.25, 0.3) is 0 Å². The number of ether oxygens (including phenoxy) is 2. The van der Waals surface area contributed by atoms with Crippen molar-refractivity contribution in [1.82, 2.24) is 14.7 Å². The molecule has 3 aliphatic heterocycles. The maximum absolute atomic E-state index is 13.3. The average molecular weight is 462 g/mol. The molecule has 3 heterocycles. The molecule has 3 fully saturated rings. The molecule has 3 saturated heterocycles. The highest BCUT2D eigenvalue weighted by Gasteiger charge is 2.42. The Morgan fingerprint density at radius 1 is 0.879 bits per heavy atom. The van der Waals surface area contributed by atoms with Gasteiger partial charge in [-0.15, -0.1) is 0 Å². The van der Waals surface area contributed by atoms with Gasteiger partial charge in [-0.05, 0) is 69.5 Å². The lowest BCUT2D eigenvalue weighted by Crippen LogP contribution is -2.59. The molecule has 0 N–H and O–H groups in total. The normalized spacial score (nSPS) is 24.5. The molecule has 0 aromatic heterocycles. The highest BCUT2D eigenvalue weighted by Crippen LogP contribution is 2.27. The van der Waals surface area contributed by atoms with Crippen molar-refractivity contribution in [2.45, 2.75) is 50.5 Å². The SMILES string of the molecule is O=C(CC1(COc2ccc(F)cc2)CN(C(=O)CN2CCCCC2)CCO1)N1CCCCC1. The summed E-state index contributed by atoms with van der Waals surface area (Å²) in [5.74, 6) is 0.307. The summed E-state index contributed by atoms with van der Waals surface area (Å²) in [6.45, 7) is 5.21. The smallest absolute Gasteiger partial charge is 0.236 e. The van der Waals surface area contributed by atoms with Crippen molar-refractivity contribution < 1.29 is 23.5 Å².